The summed E-state index contributed by atoms with van der Waals surface area (Å²) < 4.78 is 0. The number of aromatic nitrogens is 1. The van der Waals surface area contributed by atoms with E-state index in [-0.39, 0.29) is 11.4 Å². The van der Waals surface area contributed by atoms with E-state index in [9.17, 15) is 20.2 Å². The van der Waals surface area contributed by atoms with Crippen LogP contribution < -0.4 is 0 Å². The minimum Gasteiger partial charge on any atom is -0.258 e. The quantitative estimate of drug-likeness (QED) is 0.510. The topological polar surface area (TPSA) is 99.2 Å². The van der Waals surface area contributed by atoms with Crippen molar-refractivity contribution in [2.75, 3.05) is 0 Å². The van der Waals surface area contributed by atoms with Crippen LogP contribution in [-0.2, 0) is 0 Å². The fourth-order valence-corrected chi connectivity index (χ4v) is 3.24. The minimum absolute atomic E-state index is 0.0163. The third kappa shape index (κ3) is 2.99. The summed E-state index contributed by atoms with van der Waals surface area (Å²) in [4.78, 5) is 26.0. The molecule has 0 aliphatic rings. The normalized spacial score (nSPS) is 10.5. The second kappa shape index (κ2) is 6.17. The Morgan fingerprint density at radius 3 is 1.75 bits per heavy atom. The zero-order valence-electron chi connectivity index (χ0n) is 12.5. The van der Waals surface area contributed by atoms with E-state index in [1.54, 1.807) is 24.3 Å². The number of rotatable bonds is 4. The fraction of sp³-hybridized carbons (Fsp3) is 0.0625. The van der Waals surface area contributed by atoms with Crippen LogP contribution in [0.4, 0.5) is 11.4 Å². The molecule has 1 aromatic heterocycles. The van der Waals surface area contributed by atoms with Gasteiger partial charge in [0.2, 0.25) is 0 Å². The molecule has 120 valence electrons. The molecule has 8 heteroatoms. The molecule has 2 aromatic carbocycles. The van der Waals surface area contributed by atoms with Gasteiger partial charge in [0.25, 0.3) is 11.4 Å². The van der Waals surface area contributed by atoms with Gasteiger partial charge >= 0.3 is 0 Å². The number of hydrogen-bond acceptors (Lipinski definition) is 6. The second-order valence-corrected chi connectivity index (χ2v) is 6.22. The van der Waals surface area contributed by atoms with Gasteiger partial charge in [0.15, 0.2) is 0 Å². The van der Waals surface area contributed by atoms with Gasteiger partial charge in [-0.3, -0.25) is 20.2 Å². The van der Waals surface area contributed by atoms with Crippen molar-refractivity contribution in [1.29, 1.82) is 0 Å². The first kappa shape index (κ1) is 15.8. The van der Waals surface area contributed by atoms with Crippen LogP contribution in [0.1, 0.15) is 5.01 Å². The Labute approximate surface area is 140 Å². The summed E-state index contributed by atoms with van der Waals surface area (Å²) in [7, 11) is 0. The van der Waals surface area contributed by atoms with E-state index in [2.05, 4.69) is 4.98 Å². The molecule has 0 aliphatic carbocycles. The molecule has 0 bridgehead atoms. The summed E-state index contributed by atoms with van der Waals surface area (Å²) in [5.74, 6) is 0. The molecule has 0 aliphatic heterocycles. The molecule has 0 amide bonds. The molecular formula is C16H11N3O4S. The number of thiazole rings is 1. The van der Waals surface area contributed by atoms with E-state index in [0.717, 1.165) is 21.0 Å². The third-order valence-electron chi connectivity index (χ3n) is 3.43. The Morgan fingerprint density at radius 2 is 1.29 bits per heavy atom. The van der Waals surface area contributed by atoms with Crippen molar-refractivity contribution in [3.05, 3.63) is 73.8 Å². The third-order valence-corrected chi connectivity index (χ3v) is 4.45. The van der Waals surface area contributed by atoms with Gasteiger partial charge in [-0.25, -0.2) is 4.98 Å². The number of benzene rings is 2. The molecule has 0 saturated heterocycles. The Bertz CT molecular complexity index is 843. The molecule has 24 heavy (non-hydrogen) atoms. The maximum absolute atomic E-state index is 10.8. The van der Waals surface area contributed by atoms with Crippen LogP contribution in [0.25, 0.3) is 21.7 Å². The van der Waals surface area contributed by atoms with E-state index in [4.69, 9.17) is 0 Å². The molecule has 0 spiro atoms. The molecule has 0 unspecified atom stereocenters. The predicted molar refractivity (Wildman–Crippen MR) is 91.0 cm³/mol. The van der Waals surface area contributed by atoms with E-state index in [0.29, 0.717) is 5.69 Å². The highest BCUT2D eigenvalue weighted by molar-refractivity contribution is 7.15. The lowest BCUT2D eigenvalue weighted by atomic mass is 10.1. The SMILES string of the molecule is Cc1nc(-c2ccc([N+](=O)[O-])cc2)c(-c2ccc([N+](=O)[O-])cc2)s1. The van der Waals surface area contributed by atoms with Crippen molar-refractivity contribution in [2.24, 2.45) is 0 Å². The molecular weight excluding hydrogens is 330 g/mol. The Hall–Kier alpha value is -3.13. The number of aryl methyl sites for hydroxylation is 1. The maximum atomic E-state index is 10.8. The van der Waals surface area contributed by atoms with Gasteiger partial charge in [-0.2, -0.15) is 0 Å². The van der Waals surface area contributed by atoms with E-state index < -0.39 is 9.85 Å². The van der Waals surface area contributed by atoms with Crippen LogP contribution in [0.2, 0.25) is 0 Å². The first-order valence-electron chi connectivity index (χ1n) is 6.93. The van der Waals surface area contributed by atoms with Gasteiger partial charge in [0.05, 0.1) is 25.4 Å². The number of nitrogens with zero attached hydrogens (tertiary/aromatic N) is 3. The Kier molecular flexibility index (Phi) is 4.05. The summed E-state index contributed by atoms with van der Waals surface area (Å²) in [5, 5.41) is 22.4. The highest BCUT2D eigenvalue weighted by Gasteiger charge is 2.15. The van der Waals surface area contributed by atoms with Crippen LogP contribution in [0.5, 0.6) is 0 Å². The van der Waals surface area contributed by atoms with Crippen LogP contribution in [0, 0.1) is 27.2 Å². The lowest BCUT2D eigenvalue weighted by molar-refractivity contribution is -0.385. The summed E-state index contributed by atoms with van der Waals surface area (Å²) in [6.45, 7) is 1.87. The number of hydrogen-bond donors (Lipinski definition) is 0. The average Bonchev–Trinajstić information content (AvgIpc) is 2.97. The summed E-state index contributed by atoms with van der Waals surface area (Å²) in [6.07, 6.45) is 0. The standard InChI is InChI=1S/C16H11N3O4S/c1-10-17-15(11-2-6-13(7-3-11)18(20)21)16(24-10)12-4-8-14(9-5-12)19(22)23/h2-9H,1H3. The average molecular weight is 341 g/mol. The Balaban J connectivity index is 2.04. The summed E-state index contributed by atoms with van der Waals surface area (Å²) in [6, 6.07) is 12.4. The molecule has 3 rings (SSSR count). The highest BCUT2D eigenvalue weighted by atomic mass is 32.1. The lowest BCUT2D eigenvalue weighted by Crippen LogP contribution is -1.89. The largest absolute Gasteiger partial charge is 0.269 e. The zero-order chi connectivity index (χ0) is 17.3. The smallest absolute Gasteiger partial charge is 0.258 e. The van der Waals surface area contributed by atoms with Crippen molar-refractivity contribution in [3.8, 4) is 21.7 Å². The Morgan fingerprint density at radius 1 is 0.833 bits per heavy atom. The monoisotopic (exact) mass is 341 g/mol. The molecule has 0 atom stereocenters. The van der Waals surface area contributed by atoms with Crippen molar-refractivity contribution in [3.63, 3.8) is 0 Å². The van der Waals surface area contributed by atoms with Gasteiger partial charge in [0, 0.05) is 29.8 Å². The van der Waals surface area contributed by atoms with E-state index in [1.807, 2.05) is 6.92 Å². The summed E-state index contributed by atoms with van der Waals surface area (Å²) in [5.41, 5.74) is 2.33. The number of nitro groups is 2. The van der Waals surface area contributed by atoms with E-state index in [1.165, 1.54) is 35.6 Å². The van der Waals surface area contributed by atoms with Crippen LogP contribution in [0.15, 0.2) is 48.5 Å². The molecule has 3 aromatic rings. The fourth-order valence-electron chi connectivity index (χ4n) is 2.29. The predicted octanol–water partition coefficient (Wildman–Crippen LogP) is 4.60. The molecule has 1 heterocycles. The molecule has 0 fully saturated rings. The van der Waals surface area contributed by atoms with Crippen molar-refractivity contribution in [2.45, 2.75) is 6.92 Å². The summed E-state index contributed by atoms with van der Waals surface area (Å²) >= 11 is 1.47. The molecule has 0 saturated carbocycles. The van der Waals surface area contributed by atoms with Crippen molar-refractivity contribution in [1.82, 2.24) is 4.98 Å². The van der Waals surface area contributed by atoms with Gasteiger partial charge < -0.3 is 0 Å². The minimum atomic E-state index is -0.451. The lowest BCUT2D eigenvalue weighted by Gasteiger charge is -2.03. The van der Waals surface area contributed by atoms with E-state index >= 15 is 0 Å². The highest BCUT2D eigenvalue weighted by Crippen LogP contribution is 2.37. The molecule has 7 nitrogen and oxygen atoms in total. The number of non-ortho nitro benzene ring substituents is 2. The van der Waals surface area contributed by atoms with Gasteiger partial charge in [-0.1, -0.05) is 0 Å². The number of nitro benzene ring substituents is 2. The van der Waals surface area contributed by atoms with Crippen LogP contribution >= 0.6 is 11.3 Å². The maximum Gasteiger partial charge on any atom is 0.269 e. The van der Waals surface area contributed by atoms with Gasteiger partial charge in [-0.15, -0.1) is 11.3 Å². The molecule has 0 N–H and O–H groups in total. The second-order valence-electron chi connectivity index (χ2n) is 5.02. The zero-order valence-corrected chi connectivity index (χ0v) is 13.3. The first-order chi connectivity index (χ1) is 11.5. The van der Waals surface area contributed by atoms with Gasteiger partial charge in [0.1, 0.15) is 0 Å². The molecule has 0 radical (unpaired) electrons. The van der Waals surface area contributed by atoms with Crippen molar-refractivity contribution < 1.29 is 9.85 Å². The van der Waals surface area contributed by atoms with Crippen LogP contribution in [-0.4, -0.2) is 14.8 Å². The van der Waals surface area contributed by atoms with Gasteiger partial charge in [-0.05, 0) is 36.8 Å². The first-order valence-corrected chi connectivity index (χ1v) is 7.74. The van der Waals surface area contributed by atoms with Crippen molar-refractivity contribution >= 4 is 22.7 Å². The van der Waals surface area contributed by atoms with Crippen LogP contribution in [0.3, 0.4) is 0 Å².